The first-order chi connectivity index (χ1) is 10.2. The van der Waals surface area contributed by atoms with Crippen LogP contribution in [0.2, 0.25) is 0 Å². The van der Waals surface area contributed by atoms with Gasteiger partial charge in [-0.1, -0.05) is 13.8 Å². The summed E-state index contributed by atoms with van der Waals surface area (Å²) in [5.74, 6) is -1.92. The number of hydrogen-bond acceptors (Lipinski definition) is 6. The van der Waals surface area contributed by atoms with Gasteiger partial charge in [0.2, 0.25) is 7.37 Å². The molecule has 9 heteroatoms. The minimum absolute atomic E-state index is 0.0732. The first-order valence-electron chi connectivity index (χ1n) is 7.34. The quantitative estimate of drug-likeness (QED) is 0.344. The average Bonchev–Trinajstić information content (AvgIpc) is 2.37. The predicted molar refractivity (Wildman–Crippen MR) is 85.0 cm³/mol. The zero-order valence-corrected chi connectivity index (χ0v) is 15.5. The van der Waals surface area contributed by atoms with Crippen molar-refractivity contribution < 1.29 is 31.6 Å². The van der Waals surface area contributed by atoms with Crippen LogP contribution in [0.15, 0.2) is 0 Å². The maximum Gasteiger partial charge on any atom is 0.309 e. The van der Waals surface area contributed by atoms with Gasteiger partial charge in [-0.2, -0.15) is 4.21 Å². The molecule has 4 atom stereocenters. The molecule has 22 heavy (non-hydrogen) atoms. The molecule has 4 unspecified atom stereocenters. The van der Waals surface area contributed by atoms with Crippen molar-refractivity contribution in [3.05, 3.63) is 0 Å². The summed E-state index contributed by atoms with van der Waals surface area (Å²) in [5, 5.41) is 0. The molecule has 1 N–H and O–H groups in total. The van der Waals surface area contributed by atoms with Crippen LogP contribution in [-0.2, 0) is 34.2 Å². The van der Waals surface area contributed by atoms with E-state index in [4.69, 9.17) is 18.0 Å². The maximum absolute atomic E-state index is 12.9. The minimum atomic E-state index is -3.43. The topological polar surface area (TPSA) is 99.1 Å². The fraction of sp³-hybridized carbons (Fsp3) is 0.923. The third-order valence-electron chi connectivity index (χ3n) is 2.97. The van der Waals surface area contributed by atoms with Crippen LogP contribution in [0.4, 0.5) is 0 Å². The van der Waals surface area contributed by atoms with Gasteiger partial charge in [-0.15, -0.1) is 0 Å². The second-order valence-electron chi connectivity index (χ2n) is 5.32. The molecule has 0 heterocycles. The van der Waals surface area contributed by atoms with E-state index in [-0.39, 0.29) is 25.3 Å². The van der Waals surface area contributed by atoms with Gasteiger partial charge in [0, 0.05) is 6.16 Å². The highest BCUT2D eigenvalue weighted by Gasteiger charge is 2.38. The number of carbonyl (C=O) groups is 1. The molecule has 0 aromatic carbocycles. The molecule has 0 aliphatic carbocycles. The molecule has 0 saturated carbocycles. The molecule has 7 nitrogen and oxygen atoms in total. The van der Waals surface area contributed by atoms with Gasteiger partial charge in [0.1, 0.15) is 0 Å². The molecular weight excluding hydrogens is 331 g/mol. The summed E-state index contributed by atoms with van der Waals surface area (Å²) < 4.78 is 47.6. The summed E-state index contributed by atoms with van der Waals surface area (Å²) in [5.41, 5.74) is 0. The van der Waals surface area contributed by atoms with Gasteiger partial charge in [0.05, 0.1) is 19.1 Å². The zero-order valence-electron chi connectivity index (χ0n) is 13.8. The van der Waals surface area contributed by atoms with E-state index in [0.29, 0.717) is 6.42 Å². The van der Waals surface area contributed by atoms with Crippen molar-refractivity contribution >= 4 is 24.7 Å². The molecular formula is C13H27O7PS. The monoisotopic (exact) mass is 358 g/mol. The maximum atomic E-state index is 12.9. The fourth-order valence-electron chi connectivity index (χ4n) is 2.09. The number of esters is 1. The standard InChI is InChI=1S/C13H27O7PS/c1-6-18-13(14)12(8-10(3)4)9-21(15,19-7-2)11(5)20-22(16)17/h10-12H,6-9H2,1-5H3,(H,16,17). The molecule has 0 aromatic heterocycles. The summed E-state index contributed by atoms with van der Waals surface area (Å²) in [6.07, 6.45) is 0.418. The van der Waals surface area contributed by atoms with Crippen LogP contribution in [-0.4, -0.2) is 40.0 Å². The van der Waals surface area contributed by atoms with E-state index in [1.807, 2.05) is 13.8 Å². The Bertz CT molecular complexity index is 413. The highest BCUT2D eigenvalue weighted by atomic mass is 32.2. The van der Waals surface area contributed by atoms with Crippen LogP contribution in [0.3, 0.4) is 0 Å². The molecule has 0 saturated heterocycles. The van der Waals surface area contributed by atoms with E-state index < -0.39 is 36.5 Å². The van der Waals surface area contributed by atoms with Gasteiger partial charge < -0.3 is 9.26 Å². The van der Waals surface area contributed by atoms with Crippen molar-refractivity contribution in [1.82, 2.24) is 0 Å². The van der Waals surface area contributed by atoms with E-state index in [1.54, 1.807) is 13.8 Å². The van der Waals surface area contributed by atoms with Crippen molar-refractivity contribution in [3.8, 4) is 0 Å². The SMILES string of the molecule is CCOC(=O)C(CC(C)C)CP(=O)(OCC)C(C)OS(=O)O. The van der Waals surface area contributed by atoms with Gasteiger partial charge in [0.25, 0.3) is 0 Å². The van der Waals surface area contributed by atoms with Gasteiger partial charge in [0.15, 0.2) is 5.85 Å². The molecule has 132 valence electrons. The second kappa shape index (κ2) is 10.5. The number of ether oxygens (including phenoxy) is 1. The lowest BCUT2D eigenvalue weighted by atomic mass is 9.99. The molecule has 0 aliphatic heterocycles. The van der Waals surface area contributed by atoms with Crippen LogP contribution in [0.5, 0.6) is 0 Å². The zero-order chi connectivity index (χ0) is 17.3. The van der Waals surface area contributed by atoms with Gasteiger partial charge in [-0.05, 0) is 33.1 Å². The Labute approximate surface area is 135 Å². The van der Waals surface area contributed by atoms with E-state index in [0.717, 1.165) is 0 Å². The predicted octanol–water partition coefficient (Wildman–Crippen LogP) is 3.03. The second-order valence-corrected chi connectivity index (χ2v) is 8.75. The van der Waals surface area contributed by atoms with Gasteiger partial charge in [-0.3, -0.25) is 18.1 Å². The lowest BCUT2D eigenvalue weighted by molar-refractivity contribution is -0.147. The molecule has 0 fully saturated rings. The van der Waals surface area contributed by atoms with Crippen LogP contribution < -0.4 is 0 Å². The molecule has 0 amide bonds. The Morgan fingerprint density at radius 3 is 2.23 bits per heavy atom. The highest BCUT2D eigenvalue weighted by Crippen LogP contribution is 2.54. The van der Waals surface area contributed by atoms with Crippen molar-refractivity contribution in [1.29, 1.82) is 0 Å². The Morgan fingerprint density at radius 1 is 1.23 bits per heavy atom. The summed E-state index contributed by atoms with van der Waals surface area (Å²) in [7, 11) is -3.43. The molecule has 0 aliphatic rings. The Balaban J connectivity index is 5.22. The smallest absolute Gasteiger partial charge is 0.309 e. The molecule has 0 radical (unpaired) electrons. The third-order valence-corrected chi connectivity index (χ3v) is 6.43. The van der Waals surface area contributed by atoms with Crippen molar-refractivity contribution in [2.75, 3.05) is 19.4 Å². The molecule has 0 aromatic rings. The number of hydrogen-bond donors (Lipinski definition) is 1. The van der Waals surface area contributed by atoms with Crippen molar-refractivity contribution in [2.45, 2.75) is 46.9 Å². The van der Waals surface area contributed by atoms with Crippen molar-refractivity contribution in [2.24, 2.45) is 11.8 Å². The molecule has 0 rings (SSSR count). The molecule has 0 spiro atoms. The summed E-state index contributed by atoms with van der Waals surface area (Å²) in [4.78, 5) is 12.1. The van der Waals surface area contributed by atoms with Crippen LogP contribution >= 0.6 is 7.37 Å². The number of carbonyl (C=O) groups excluding carboxylic acids is 1. The van der Waals surface area contributed by atoms with Gasteiger partial charge >= 0.3 is 17.3 Å². The Kier molecular flexibility index (Phi) is 10.4. The van der Waals surface area contributed by atoms with Crippen LogP contribution in [0, 0.1) is 11.8 Å². The first-order valence-corrected chi connectivity index (χ1v) is 10.2. The highest BCUT2D eigenvalue weighted by molar-refractivity contribution is 7.74. The fourth-order valence-corrected chi connectivity index (χ4v) is 5.04. The largest absolute Gasteiger partial charge is 0.466 e. The van der Waals surface area contributed by atoms with Crippen molar-refractivity contribution in [3.63, 3.8) is 0 Å². The van der Waals surface area contributed by atoms with Crippen LogP contribution in [0.25, 0.3) is 0 Å². The van der Waals surface area contributed by atoms with Crippen LogP contribution in [0.1, 0.15) is 41.0 Å². The van der Waals surface area contributed by atoms with E-state index in [1.165, 1.54) is 6.92 Å². The van der Waals surface area contributed by atoms with E-state index in [2.05, 4.69) is 0 Å². The summed E-state index contributed by atoms with van der Waals surface area (Å²) in [6, 6.07) is 0. The minimum Gasteiger partial charge on any atom is -0.466 e. The third kappa shape index (κ3) is 7.83. The van der Waals surface area contributed by atoms with E-state index >= 15 is 0 Å². The first kappa shape index (κ1) is 21.7. The van der Waals surface area contributed by atoms with E-state index in [9.17, 15) is 13.6 Å². The molecule has 0 bridgehead atoms. The Hall–Kier alpha value is -0.270. The lowest BCUT2D eigenvalue weighted by Crippen LogP contribution is -2.26. The summed E-state index contributed by atoms with van der Waals surface area (Å²) >= 11 is -2.55. The average molecular weight is 358 g/mol. The number of rotatable bonds is 11. The normalized spacial score (nSPS) is 18.5. The Morgan fingerprint density at radius 2 is 1.82 bits per heavy atom. The van der Waals surface area contributed by atoms with Gasteiger partial charge in [-0.25, -0.2) is 0 Å². The summed E-state index contributed by atoms with van der Waals surface area (Å²) in [6.45, 7) is 9.05. The lowest BCUT2D eigenvalue weighted by Gasteiger charge is -2.27.